The predicted molar refractivity (Wildman–Crippen MR) is 194 cm³/mol. The van der Waals surface area contributed by atoms with Crippen LogP contribution in [-0.4, -0.2) is 9.13 Å². The van der Waals surface area contributed by atoms with Crippen molar-refractivity contribution in [3.05, 3.63) is 163 Å². The summed E-state index contributed by atoms with van der Waals surface area (Å²) in [5.74, 6) is 0. The molecular weight excluding hydrogens is 574 g/mol. The van der Waals surface area contributed by atoms with Gasteiger partial charge in [-0.2, -0.15) is 0 Å². The SMILES string of the molecule is [C-]#[N+]c1ccc2c(c1)c1ccc3oc4ccccc4c3c1n2-c1cccc(-c2cccc(-n3c4ccccc4c4ccccc43)c2)c1. The Morgan fingerprint density at radius 1 is 0.447 bits per heavy atom. The molecule has 0 bridgehead atoms. The van der Waals surface area contributed by atoms with Gasteiger partial charge in [0.2, 0.25) is 0 Å². The van der Waals surface area contributed by atoms with Crippen molar-refractivity contribution in [2.45, 2.75) is 0 Å². The van der Waals surface area contributed by atoms with Gasteiger partial charge in [0.25, 0.3) is 0 Å². The molecule has 0 unspecified atom stereocenters. The number of hydrogen-bond donors (Lipinski definition) is 0. The lowest BCUT2D eigenvalue weighted by Gasteiger charge is -2.13. The molecule has 7 aromatic carbocycles. The molecule has 0 saturated heterocycles. The molecule has 0 aliphatic carbocycles. The van der Waals surface area contributed by atoms with Gasteiger partial charge in [0.15, 0.2) is 5.69 Å². The highest BCUT2D eigenvalue weighted by Crippen LogP contribution is 2.42. The van der Waals surface area contributed by atoms with Gasteiger partial charge in [0.05, 0.1) is 34.0 Å². The molecule has 0 spiro atoms. The second-order valence-electron chi connectivity index (χ2n) is 12.1. The van der Waals surface area contributed by atoms with Crippen LogP contribution in [0.3, 0.4) is 0 Å². The minimum atomic E-state index is 0.629. The van der Waals surface area contributed by atoms with E-state index < -0.39 is 0 Å². The Hall–Kier alpha value is -6.57. The summed E-state index contributed by atoms with van der Waals surface area (Å²) in [6.07, 6.45) is 0. The maximum Gasteiger partial charge on any atom is 0.188 e. The smallest absolute Gasteiger partial charge is 0.188 e. The Kier molecular flexibility index (Phi) is 5.32. The first-order valence-electron chi connectivity index (χ1n) is 15.7. The van der Waals surface area contributed by atoms with Crippen molar-refractivity contribution >= 4 is 71.2 Å². The molecule has 3 aromatic heterocycles. The lowest BCUT2D eigenvalue weighted by atomic mass is 10.0. The highest BCUT2D eigenvalue weighted by molar-refractivity contribution is 6.24. The molecule has 218 valence electrons. The van der Waals surface area contributed by atoms with Gasteiger partial charge in [-0.1, -0.05) is 84.9 Å². The zero-order chi connectivity index (χ0) is 31.1. The quantitative estimate of drug-likeness (QED) is 0.186. The van der Waals surface area contributed by atoms with Crippen LogP contribution in [0.15, 0.2) is 156 Å². The molecule has 47 heavy (non-hydrogen) atoms. The highest BCUT2D eigenvalue weighted by atomic mass is 16.3. The third kappa shape index (κ3) is 3.69. The van der Waals surface area contributed by atoms with Crippen LogP contribution in [0.1, 0.15) is 0 Å². The maximum absolute atomic E-state index is 7.70. The molecule has 4 heteroatoms. The van der Waals surface area contributed by atoms with Crippen LogP contribution in [0, 0.1) is 6.57 Å². The summed E-state index contributed by atoms with van der Waals surface area (Å²) in [7, 11) is 0. The van der Waals surface area contributed by atoms with E-state index in [-0.39, 0.29) is 0 Å². The third-order valence-corrected chi connectivity index (χ3v) is 9.50. The molecular formula is C43H25N3O. The average Bonchev–Trinajstić information content (AvgIpc) is 3.79. The largest absolute Gasteiger partial charge is 0.456 e. The highest BCUT2D eigenvalue weighted by Gasteiger charge is 2.20. The summed E-state index contributed by atoms with van der Waals surface area (Å²) in [5.41, 5.74) is 11.3. The van der Waals surface area contributed by atoms with Gasteiger partial charge in [0.1, 0.15) is 11.2 Å². The van der Waals surface area contributed by atoms with Crippen molar-refractivity contribution in [3.63, 3.8) is 0 Å². The second-order valence-corrected chi connectivity index (χ2v) is 12.1. The second kappa shape index (κ2) is 9.71. The van der Waals surface area contributed by atoms with Gasteiger partial charge in [0, 0.05) is 32.9 Å². The van der Waals surface area contributed by atoms with Crippen LogP contribution in [0.5, 0.6) is 0 Å². The van der Waals surface area contributed by atoms with E-state index in [0.29, 0.717) is 5.69 Å². The summed E-state index contributed by atoms with van der Waals surface area (Å²) in [5, 5.41) is 6.82. The molecule has 4 nitrogen and oxygen atoms in total. The van der Waals surface area contributed by atoms with Crippen LogP contribution < -0.4 is 0 Å². The number of furan rings is 1. The van der Waals surface area contributed by atoms with Gasteiger partial charge in [-0.3, -0.25) is 0 Å². The van der Waals surface area contributed by atoms with Crippen molar-refractivity contribution in [3.8, 4) is 22.5 Å². The lowest BCUT2D eigenvalue weighted by Crippen LogP contribution is -1.96. The number of hydrogen-bond acceptors (Lipinski definition) is 1. The number of fused-ring (bicyclic) bond motifs is 10. The third-order valence-electron chi connectivity index (χ3n) is 9.50. The summed E-state index contributed by atoms with van der Waals surface area (Å²) >= 11 is 0. The Morgan fingerprint density at radius 2 is 1.06 bits per heavy atom. The lowest BCUT2D eigenvalue weighted by molar-refractivity contribution is 0.669. The molecule has 0 aliphatic heterocycles. The molecule has 0 saturated carbocycles. The van der Waals surface area contributed by atoms with Crippen molar-refractivity contribution < 1.29 is 4.42 Å². The van der Waals surface area contributed by atoms with E-state index in [1.807, 2.05) is 24.3 Å². The fourth-order valence-electron chi connectivity index (χ4n) is 7.49. The normalized spacial score (nSPS) is 11.8. The Bertz CT molecular complexity index is 2880. The topological polar surface area (TPSA) is 27.4 Å². The van der Waals surface area contributed by atoms with Crippen LogP contribution in [-0.2, 0) is 0 Å². The van der Waals surface area contributed by atoms with Crippen LogP contribution in [0.4, 0.5) is 5.69 Å². The maximum atomic E-state index is 7.70. The van der Waals surface area contributed by atoms with Gasteiger partial charge >= 0.3 is 0 Å². The number of benzene rings is 7. The van der Waals surface area contributed by atoms with E-state index >= 15 is 0 Å². The Morgan fingerprint density at radius 3 is 1.77 bits per heavy atom. The predicted octanol–water partition coefficient (Wildman–Crippen LogP) is 12.0. The van der Waals surface area contributed by atoms with Gasteiger partial charge in [-0.05, 0) is 83.2 Å². The zero-order valence-electron chi connectivity index (χ0n) is 25.2. The monoisotopic (exact) mass is 599 g/mol. The number of rotatable bonds is 3. The minimum Gasteiger partial charge on any atom is -0.456 e. The fraction of sp³-hybridized carbons (Fsp3) is 0. The molecule has 0 fully saturated rings. The summed E-state index contributed by atoms with van der Waals surface area (Å²) in [6.45, 7) is 7.70. The van der Waals surface area contributed by atoms with Gasteiger partial charge in [-0.25, -0.2) is 4.85 Å². The standard InChI is InChI=1S/C43H25N3O/c1-44-29-20-22-39-36(26-29)34-21-23-41-42(35-16-4-7-19-40(35)47-41)43(34)46(39)31-13-9-11-28(25-31)27-10-8-12-30(24-27)45-37-17-5-2-14-32(37)33-15-3-6-18-38(33)45/h2-26H. The number of aromatic nitrogens is 2. The average molecular weight is 600 g/mol. The van der Waals surface area contributed by atoms with Crippen molar-refractivity contribution in [1.82, 2.24) is 9.13 Å². The molecule has 10 aromatic rings. The molecule has 0 atom stereocenters. The minimum absolute atomic E-state index is 0.629. The van der Waals surface area contributed by atoms with Crippen LogP contribution in [0.25, 0.3) is 92.9 Å². The zero-order valence-corrected chi connectivity index (χ0v) is 25.2. The number of nitrogens with zero attached hydrogens (tertiary/aromatic N) is 3. The molecule has 0 N–H and O–H groups in total. The Labute approximate surface area is 269 Å². The van der Waals surface area contributed by atoms with E-state index in [9.17, 15) is 0 Å². The summed E-state index contributed by atoms with van der Waals surface area (Å²) in [4.78, 5) is 3.75. The molecule has 0 amide bonds. The van der Waals surface area contributed by atoms with Crippen LogP contribution >= 0.6 is 0 Å². The molecule has 3 heterocycles. The van der Waals surface area contributed by atoms with Gasteiger partial charge in [-0.15, -0.1) is 0 Å². The molecule has 10 rings (SSSR count). The fourth-order valence-corrected chi connectivity index (χ4v) is 7.49. The van der Waals surface area contributed by atoms with Crippen molar-refractivity contribution in [1.29, 1.82) is 0 Å². The van der Waals surface area contributed by atoms with Crippen molar-refractivity contribution in [2.75, 3.05) is 0 Å². The van der Waals surface area contributed by atoms with E-state index in [0.717, 1.165) is 66.2 Å². The first-order chi connectivity index (χ1) is 23.3. The first-order valence-corrected chi connectivity index (χ1v) is 15.7. The first kappa shape index (κ1) is 25.7. The van der Waals surface area contributed by atoms with E-state index in [4.69, 9.17) is 11.0 Å². The molecule has 0 aliphatic rings. The van der Waals surface area contributed by atoms with E-state index in [1.54, 1.807) is 0 Å². The van der Waals surface area contributed by atoms with Gasteiger partial charge < -0.3 is 13.6 Å². The van der Waals surface area contributed by atoms with E-state index in [2.05, 4.69) is 141 Å². The Balaban J connectivity index is 1.22. The summed E-state index contributed by atoms with van der Waals surface area (Å²) in [6, 6.07) is 53.2. The van der Waals surface area contributed by atoms with Crippen LogP contribution in [0.2, 0.25) is 0 Å². The summed E-state index contributed by atoms with van der Waals surface area (Å²) < 4.78 is 11.0. The van der Waals surface area contributed by atoms with Crippen molar-refractivity contribution in [2.24, 2.45) is 0 Å². The number of para-hydroxylation sites is 3. The van der Waals surface area contributed by atoms with E-state index in [1.165, 1.54) is 21.8 Å². The molecule has 0 radical (unpaired) electrons.